The van der Waals surface area contributed by atoms with E-state index in [0.29, 0.717) is 19.3 Å². The fourth-order valence-corrected chi connectivity index (χ4v) is 5.15. The molecule has 0 aliphatic rings. The third-order valence-electron chi connectivity index (χ3n) is 2.09. The Kier molecular flexibility index (Phi) is 6.25. The molecule has 0 aromatic rings. The summed E-state index contributed by atoms with van der Waals surface area (Å²) >= 11 is 0. The molecule has 0 atom stereocenters. The van der Waals surface area contributed by atoms with Gasteiger partial charge in [0.25, 0.3) is 17.7 Å². The minimum absolute atomic E-state index is 0.275. The molecule has 0 aliphatic heterocycles. The monoisotopic (exact) mass is 268 g/mol. The van der Waals surface area contributed by atoms with Crippen molar-refractivity contribution < 1.29 is 16.8 Å². The first-order valence-electron chi connectivity index (χ1n) is 5.32. The molecule has 0 aromatic heterocycles. The third kappa shape index (κ3) is 5.12. The van der Waals surface area contributed by atoms with Crippen molar-refractivity contribution in [1.29, 1.82) is 0 Å². The average molecular weight is 268 g/mol. The summed E-state index contributed by atoms with van der Waals surface area (Å²) in [4.78, 5) is 0. The van der Waals surface area contributed by atoms with E-state index in [2.05, 4.69) is 6.58 Å². The van der Waals surface area contributed by atoms with Crippen LogP contribution in [-0.4, -0.2) is 28.3 Å². The van der Waals surface area contributed by atoms with Crippen LogP contribution in [0.5, 0.6) is 0 Å². The molecule has 0 bridgehead atoms. The highest BCUT2D eigenvalue weighted by Crippen LogP contribution is 2.11. The van der Waals surface area contributed by atoms with E-state index < -0.39 is 17.7 Å². The summed E-state index contributed by atoms with van der Waals surface area (Å²) in [6.45, 7) is 7.21. The highest BCUT2D eigenvalue weighted by molar-refractivity contribution is 8.67. The molecule has 0 aromatic carbocycles. The van der Waals surface area contributed by atoms with Crippen LogP contribution in [0.15, 0.2) is 12.2 Å². The van der Waals surface area contributed by atoms with Crippen LogP contribution in [0, 0.1) is 0 Å². The molecule has 4 nitrogen and oxygen atoms in total. The molecule has 0 radical (unpaired) electrons. The minimum Gasteiger partial charge on any atom is -0.213 e. The van der Waals surface area contributed by atoms with Gasteiger partial charge in [0.05, 0.1) is 11.5 Å². The van der Waals surface area contributed by atoms with E-state index in [-0.39, 0.29) is 11.5 Å². The lowest BCUT2D eigenvalue weighted by Crippen LogP contribution is -2.21. The summed E-state index contributed by atoms with van der Waals surface area (Å²) in [5, 5.41) is 0. The van der Waals surface area contributed by atoms with E-state index in [1.165, 1.54) is 0 Å². The molecular formula is C10H20O4S2. The van der Waals surface area contributed by atoms with E-state index in [4.69, 9.17) is 0 Å². The highest BCUT2D eigenvalue weighted by atomic mass is 33.2. The van der Waals surface area contributed by atoms with Gasteiger partial charge in [-0.1, -0.05) is 12.5 Å². The second-order valence-electron chi connectivity index (χ2n) is 3.94. The second kappa shape index (κ2) is 6.39. The van der Waals surface area contributed by atoms with Gasteiger partial charge in [-0.15, -0.1) is 6.58 Å². The van der Waals surface area contributed by atoms with E-state index >= 15 is 0 Å². The lowest BCUT2D eigenvalue weighted by atomic mass is 10.2. The average Bonchev–Trinajstić information content (AvgIpc) is 2.12. The van der Waals surface area contributed by atoms with Gasteiger partial charge in [-0.25, -0.2) is 16.8 Å². The molecule has 96 valence electrons. The molecule has 0 aliphatic carbocycles. The number of rotatable bonds is 8. The number of hydrogen-bond acceptors (Lipinski definition) is 4. The van der Waals surface area contributed by atoms with Crippen molar-refractivity contribution in [2.24, 2.45) is 0 Å². The maximum atomic E-state index is 11.5. The molecule has 0 fully saturated rings. The van der Waals surface area contributed by atoms with Crippen molar-refractivity contribution in [3.05, 3.63) is 12.2 Å². The zero-order valence-electron chi connectivity index (χ0n) is 9.90. The largest absolute Gasteiger partial charge is 0.253 e. The SMILES string of the molecule is C=C(C)CCCCS(=O)(=O)S(=O)(=O)CCC. The molecular weight excluding hydrogens is 248 g/mol. The summed E-state index contributed by atoms with van der Waals surface area (Å²) < 4.78 is 45.7. The molecule has 0 saturated heterocycles. The number of unbranched alkanes of at least 4 members (excludes halogenated alkanes) is 1. The molecule has 0 amide bonds. The molecule has 0 N–H and O–H groups in total. The van der Waals surface area contributed by atoms with Crippen molar-refractivity contribution in [2.45, 2.75) is 39.5 Å². The van der Waals surface area contributed by atoms with Crippen LogP contribution >= 0.6 is 0 Å². The Bertz CT molecular complexity index is 418. The summed E-state index contributed by atoms with van der Waals surface area (Å²) in [6.07, 6.45) is 2.10. The van der Waals surface area contributed by atoms with Crippen LogP contribution in [0.2, 0.25) is 0 Å². The van der Waals surface area contributed by atoms with Gasteiger partial charge in [0.15, 0.2) is 0 Å². The summed E-state index contributed by atoms with van der Waals surface area (Å²) in [7, 11) is -7.94. The Morgan fingerprint density at radius 2 is 1.50 bits per heavy atom. The first-order chi connectivity index (χ1) is 7.23. The van der Waals surface area contributed by atoms with Gasteiger partial charge in [-0.05, 0) is 32.6 Å². The van der Waals surface area contributed by atoms with Crippen molar-refractivity contribution in [3.8, 4) is 0 Å². The fraction of sp³-hybridized carbons (Fsp3) is 0.800. The standard InChI is InChI=1S/C10H20O4S2/c1-4-8-15(11,12)16(13,14)9-6-5-7-10(2)3/h2,4-9H2,1,3H3. The van der Waals surface area contributed by atoms with Crippen LogP contribution in [0.1, 0.15) is 39.5 Å². The summed E-state index contributed by atoms with van der Waals surface area (Å²) in [6, 6.07) is 0. The highest BCUT2D eigenvalue weighted by Gasteiger charge is 2.27. The summed E-state index contributed by atoms with van der Waals surface area (Å²) in [5.74, 6) is -0.557. The number of hydrogen-bond donors (Lipinski definition) is 0. The van der Waals surface area contributed by atoms with E-state index in [1.807, 2.05) is 6.92 Å². The first-order valence-corrected chi connectivity index (χ1v) is 9.15. The lowest BCUT2D eigenvalue weighted by Gasteiger charge is -2.04. The van der Waals surface area contributed by atoms with Gasteiger partial charge < -0.3 is 0 Å². The van der Waals surface area contributed by atoms with Gasteiger partial charge in [-0.2, -0.15) is 0 Å². The van der Waals surface area contributed by atoms with Gasteiger partial charge >= 0.3 is 0 Å². The smallest absolute Gasteiger partial charge is 0.213 e. The van der Waals surface area contributed by atoms with Crippen LogP contribution in [0.25, 0.3) is 0 Å². The molecule has 16 heavy (non-hydrogen) atoms. The van der Waals surface area contributed by atoms with Crippen LogP contribution in [0.3, 0.4) is 0 Å². The molecule has 0 heterocycles. The zero-order chi connectivity index (χ0) is 12.8. The maximum absolute atomic E-state index is 11.5. The Labute approximate surface area is 98.0 Å². The maximum Gasteiger partial charge on any atom is 0.253 e. The molecule has 0 rings (SSSR count). The lowest BCUT2D eigenvalue weighted by molar-refractivity contribution is 0.579. The summed E-state index contributed by atoms with van der Waals surface area (Å²) in [5.41, 5.74) is 0.980. The Balaban J connectivity index is 4.32. The minimum atomic E-state index is -3.98. The van der Waals surface area contributed by atoms with Gasteiger partial charge in [-0.3, -0.25) is 0 Å². The Hall–Kier alpha value is -0.360. The second-order valence-corrected chi connectivity index (χ2v) is 10.0. The van der Waals surface area contributed by atoms with Crippen molar-refractivity contribution in [2.75, 3.05) is 11.5 Å². The van der Waals surface area contributed by atoms with E-state index in [9.17, 15) is 16.8 Å². The molecule has 0 unspecified atom stereocenters. The van der Waals surface area contributed by atoms with Crippen molar-refractivity contribution in [3.63, 3.8) is 0 Å². The normalized spacial score (nSPS) is 12.6. The van der Waals surface area contributed by atoms with Crippen LogP contribution in [-0.2, 0) is 17.7 Å². The predicted octanol–water partition coefficient (Wildman–Crippen LogP) is 1.89. The molecule has 0 saturated carbocycles. The van der Waals surface area contributed by atoms with Gasteiger partial charge in [0.1, 0.15) is 0 Å². The Morgan fingerprint density at radius 1 is 1.00 bits per heavy atom. The zero-order valence-corrected chi connectivity index (χ0v) is 11.5. The predicted molar refractivity (Wildman–Crippen MR) is 66.5 cm³/mol. The topological polar surface area (TPSA) is 68.3 Å². The van der Waals surface area contributed by atoms with Crippen molar-refractivity contribution >= 4 is 17.7 Å². The fourth-order valence-electron chi connectivity index (χ4n) is 1.21. The molecule has 6 heteroatoms. The first kappa shape index (κ1) is 15.6. The van der Waals surface area contributed by atoms with Crippen molar-refractivity contribution in [1.82, 2.24) is 0 Å². The van der Waals surface area contributed by atoms with E-state index in [0.717, 1.165) is 12.0 Å². The quantitative estimate of drug-likeness (QED) is 0.383. The Morgan fingerprint density at radius 3 is 1.94 bits per heavy atom. The van der Waals surface area contributed by atoms with Gasteiger partial charge in [0.2, 0.25) is 0 Å². The van der Waals surface area contributed by atoms with E-state index in [1.54, 1.807) is 6.92 Å². The van der Waals surface area contributed by atoms with Crippen LogP contribution in [0.4, 0.5) is 0 Å². The third-order valence-corrected chi connectivity index (χ3v) is 7.88. The van der Waals surface area contributed by atoms with Crippen LogP contribution < -0.4 is 0 Å². The number of allylic oxidation sites excluding steroid dienone is 1. The molecule has 0 spiro atoms. The van der Waals surface area contributed by atoms with Gasteiger partial charge in [0, 0.05) is 0 Å².